The molecule has 1 unspecified atom stereocenters. The Morgan fingerprint density at radius 3 is 3.12 bits per heavy atom. The van der Waals surface area contributed by atoms with Crippen molar-refractivity contribution in [2.75, 3.05) is 13.1 Å². The van der Waals surface area contributed by atoms with Crippen molar-refractivity contribution in [3.8, 4) is 0 Å². The number of nitrogens with zero attached hydrogens (tertiary/aromatic N) is 1. The Kier molecular flexibility index (Phi) is 3.70. The normalized spacial score (nSPS) is 19.8. The fraction of sp³-hybridized carbons (Fsp3) is 0.500. The molecule has 2 heterocycles. The second-order valence-electron chi connectivity index (χ2n) is 3.82. The van der Waals surface area contributed by atoms with E-state index in [0.717, 1.165) is 9.88 Å². The molecule has 0 radical (unpaired) electrons. The minimum atomic E-state index is -0.353. The van der Waals surface area contributed by atoms with E-state index >= 15 is 0 Å². The molecule has 7 heteroatoms. The summed E-state index contributed by atoms with van der Waals surface area (Å²) in [5.41, 5.74) is 0. The lowest BCUT2D eigenvalue weighted by atomic mass is 10.2. The average molecular weight is 254 g/mol. The van der Waals surface area contributed by atoms with Crippen LogP contribution in [0.3, 0.4) is 0 Å². The minimum absolute atomic E-state index is 0.0791. The van der Waals surface area contributed by atoms with Gasteiger partial charge in [-0.15, -0.1) is 11.3 Å². The number of carbonyl (C=O) groups excluding carboxylic acids is 2. The van der Waals surface area contributed by atoms with Gasteiger partial charge in [0.15, 0.2) is 0 Å². The molecule has 1 saturated heterocycles. The maximum atomic E-state index is 11.7. The predicted octanol–water partition coefficient (Wildman–Crippen LogP) is -0.844. The van der Waals surface area contributed by atoms with Gasteiger partial charge in [-0.25, -0.2) is 4.98 Å². The van der Waals surface area contributed by atoms with Crippen molar-refractivity contribution < 1.29 is 9.59 Å². The van der Waals surface area contributed by atoms with Crippen molar-refractivity contribution in [3.63, 3.8) is 0 Å². The third-order valence-corrected chi connectivity index (χ3v) is 3.32. The molecule has 2 rings (SSSR count). The van der Waals surface area contributed by atoms with Crippen LogP contribution in [0.15, 0.2) is 6.20 Å². The molecule has 3 N–H and O–H groups in total. The van der Waals surface area contributed by atoms with E-state index in [0.29, 0.717) is 13.1 Å². The van der Waals surface area contributed by atoms with E-state index in [-0.39, 0.29) is 24.4 Å². The Hall–Kier alpha value is -1.47. The van der Waals surface area contributed by atoms with Gasteiger partial charge in [0.1, 0.15) is 11.0 Å². The van der Waals surface area contributed by atoms with Crippen LogP contribution in [-0.2, 0) is 16.1 Å². The molecular formula is C10H14N4O2S. The number of piperazine rings is 1. The minimum Gasteiger partial charge on any atom is -0.353 e. The summed E-state index contributed by atoms with van der Waals surface area (Å²) >= 11 is 1.56. The zero-order valence-electron chi connectivity index (χ0n) is 9.45. The SMILES string of the molecule is Cc1cnc(CNC(=O)C2CNC(=O)CN2)s1. The first-order valence-corrected chi connectivity index (χ1v) is 6.16. The number of amides is 2. The lowest BCUT2D eigenvalue weighted by Crippen LogP contribution is -2.57. The lowest BCUT2D eigenvalue weighted by molar-refractivity contribution is -0.126. The highest BCUT2D eigenvalue weighted by Gasteiger charge is 2.23. The van der Waals surface area contributed by atoms with Crippen molar-refractivity contribution in [3.05, 3.63) is 16.1 Å². The van der Waals surface area contributed by atoms with E-state index in [2.05, 4.69) is 20.9 Å². The van der Waals surface area contributed by atoms with E-state index in [1.807, 2.05) is 6.92 Å². The summed E-state index contributed by atoms with van der Waals surface area (Å²) in [6.07, 6.45) is 1.78. The molecule has 0 spiro atoms. The fourth-order valence-corrected chi connectivity index (χ4v) is 2.25. The van der Waals surface area contributed by atoms with Crippen LogP contribution in [0.4, 0.5) is 0 Å². The monoisotopic (exact) mass is 254 g/mol. The van der Waals surface area contributed by atoms with Crippen LogP contribution in [0.25, 0.3) is 0 Å². The molecule has 6 nitrogen and oxygen atoms in total. The summed E-state index contributed by atoms with van der Waals surface area (Å²) in [5, 5.41) is 9.19. The van der Waals surface area contributed by atoms with Crippen molar-refractivity contribution in [2.24, 2.45) is 0 Å². The van der Waals surface area contributed by atoms with Gasteiger partial charge in [-0.3, -0.25) is 14.9 Å². The quantitative estimate of drug-likeness (QED) is 0.656. The number of nitrogens with one attached hydrogen (secondary N) is 3. The van der Waals surface area contributed by atoms with Gasteiger partial charge < -0.3 is 10.6 Å². The van der Waals surface area contributed by atoms with Gasteiger partial charge >= 0.3 is 0 Å². The van der Waals surface area contributed by atoms with Gasteiger partial charge in [-0.1, -0.05) is 0 Å². The predicted molar refractivity (Wildman–Crippen MR) is 63.5 cm³/mol. The van der Waals surface area contributed by atoms with Crippen molar-refractivity contribution in [1.82, 2.24) is 20.9 Å². The van der Waals surface area contributed by atoms with Gasteiger partial charge in [0.2, 0.25) is 11.8 Å². The van der Waals surface area contributed by atoms with Crippen LogP contribution in [-0.4, -0.2) is 35.9 Å². The number of aromatic nitrogens is 1. The topological polar surface area (TPSA) is 83.1 Å². The van der Waals surface area contributed by atoms with Crippen LogP contribution < -0.4 is 16.0 Å². The second kappa shape index (κ2) is 5.24. The molecule has 0 aliphatic carbocycles. The maximum absolute atomic E-state index is 11.7. The standard InChI is InChI=1S/C10H14N4O2S/c1-6-2-13-9(17-6)5-14-10(16)7-3-12-8(15)4-11-7/h2,7,11H,3-5H2,1H3,(H,12,15)(H,14,16). The molecule has 1 aliphatic heterocycles. The van der Waals surface area contributed by atoms with Gasteiger partial charge in [0, 0.05) is 17.6 Å². The number of hydrogen-bond donors (Lipinski definition) is 3. The molecule has 92 valence electrons. The molecule has 0 bridgehead atoms. The van der Waals surface area contributed by atoms with Crippen molar-refractivity contribution in [1.29, 1.82) is 0 Å². The van der Waals surface area contributed by atoms with Crippen molar-refractivity contribution >= 4 is 23.2 Å². The van der Waals surface area contributed by atoms with E-state index in [4.69, 9.17) is 0 Å². The Morgan fingerprint density at radius 1 is 1.71 bits per heavy atom. The third kappa shape index (κ3) is 3.24. The molecule has 1 fully saturated rings. The average Bonchev–Trinajstić information content (AvgIpc) is 2.73. The second-order valence-corrected chi connectivity index (χ2v) is 5.14. The lowest BCUT2D eigenvalue weighted by Gasteiger charge is -2.22. The van der Waals surface area contributed by atoms with Crippen LogP contribution in [0.5, 0.6) is 0 Å². The number of rotatable bonds is 3. The summed E-state index contributed by atoms with van der Waals surface area (Å²) in [5.74, 6) is -0.192. The highest BCUT2D eigenvalue weighted by Crippen LogP contribution is 2.10. The summed E-state index contributed by atoms with van der Waals surface area (Å²) < 4.78 is 0. The first kappa shape index (κ1) is 12.0. The summed E-state index contributed by atoms with van der Waals surface area (Å²) in [4.78, 5) is 27.9. The molecule has 17 heavy (non-hydrogen) atoms. The van der Waals surface area contributed by atoms with Crippen LogP contribution in [0, 0.1) is 6.92 Å². The van der Waals surface area contributed by atoms with E-state index in [9.17, 15) is 9.59 Å². The van der Waals surface area contributed by atoms with Gasteiger partial charge in [-0.2, -0.15) is 0 Å². The van der Waals surface area contributed by atoms with Crippen LogP contribution >= 0.6 is 11.3 Å². The molecule has 0 aromatic carbocycles. The third-order valence-electron chi connectivity index (χ3n) is 2.41. The zero-order valence-corrected chi connectivity index (χ0v) is 10.3. The zero-order chi connectivity index (χ0) is 12.3. The van der Waals surface area contributed by atoms with Crippen LogP contribution in [0.1, 0.15) is 9.88 Å². The Labute approximate surface area is 103 Å². The van der Waals surface area contributed by atoms with E-state index in [1.54, 1.807) is 17.5 Å². The first-order chi connectivity index (χ1) is 8.15. The molecule has 1 atom stereocenters. The first-order valence-electron chi connectivity index (χ1n) is 5.34. The fourth-order valence-electron chi connectivity index (χ4n) is 1.52. The van der Waals surface area contributed by atoms with Gasteiger partial charge in [0.05, 0.1) is 13.1 Å². The molecule has 1 aromatic heterocycles. The maximum Gasteiger partial charge on any atom is 0.239 e. The van der Waals surface area contributed by atoms with Gasteiger partial charge in [-0.05, 0) is 6.92 Å². The highest BCUT2D eigenvalue weighted by molar-refractivity contribution is 7.11. The summed E-state index contributed by atoms with van der Waals surface area (Å²) in [6.45, 7) is 2.93. The molecular weight excluding hydrogens is 240 g/mol. The van der Waals surface area contributed by atoms with Crippen LogP contribution in [0.2, 0.25) is 0 Å². The van der Waals surface area contributed by atoms with Gasteiger partial charge in [0.25, 0.3) is 0 Å². The summed E-state index contributed by atoms with van der Waals surface area (Å²) in [6, 6.07) is -0.353. The van der Waals surface area contributed by atoms with Crippen molar-refractivity contribution in [2.45, 2.75) is 19.5 Å². The Morgan fingerprint density at radius 2 is 2.53 bits per heavy atom. The van der Waals surface area contributed by atoms with E-state index < -0.39 is 0 Å². The number of hydrogen-bond acceptors (Lipinski definition) is 5. The molecule has 0 saturated carbocycles. The Bertz CT molecular complexity index is 422. The number of carbonyl (C=O) groups is 2. The summed E-state index contributed by atoms with van der Waals surface area (Å²) in [7, 11) is 0. The largest absolute Gasteiger partial charge is 0.353 e. The van der Waals surface area contributed by atoms with E-state index in [1.165, 1.54) is 0 Å². The molecule has 2 amide bonds. The molecule has 1 aromatic rings. The number of thiazole rings is 1. The highest BCUT2D eigenvalue weighted by atomic mass is 32.1. The number of aryl methyl sites for hydroxylation is 1. The molecule has 1 aliphatic rings. The smallest absolute Gasteiger partial charge is 0.239 e. The Balaban J connectivity index is 1.79.